The molecule has 0 radical (unpaired) electrons. The molecule has 1 saturated heterocycles. The molecule has 4 rings (SSSR count). The Morgan fingerprint density at radius 3 is 2.20 bits per heavy atom. The van der Waals surface area contributed by atoms with Crippen LogP contribution < -0.4 is 10.9 Å². The average Bonchev–Trinajstić information content (AvgIpc) is 2.91. The summed E-state index contributed by atoms with van der Waals surface area (Å²) in [4.78, 5) is 41.9. The summed E-state index contributed by atoms with van der Waals surface area (Å²) in [5.74, 6) is -1.24. The molecule has 2 aromatic carbocycles. The van der Waals surface area contributed by atoms with Crippen LogP contribution in [0.4, 0.5) is 13.2 Å². The van der Waals surface area contributed by atoms with Crippen LogP contribution >= 0.6 is 0 Å². The highest BCUT2D eigenvalue weighted by molar-refractivity contribution is 7.90. The van der Waals surface area contributed by atoms with Crippen molar-refractivity contribution in [3.8, 4) is 5.69 Å². The van der Waals surface area contributed by atoms with Gasteiger partial charge in [-0.1, -0.05) is 18.2 Å². The number of carbonyl (C=O) groups excluding carboxylic acids is 2. The first-order valence-electron chi connectivity index (χ1n) is 12.6. The predicted octanol–water partition coefficient (Wildman–Crippen LogP) is 4.12. The Labute approximate surface area is 229 Å². The maximum Gasteiger partial charge on any atom is 0.416 e. The van der Waals surface area contributed by atoms with Gasteiger partial charge in [0.1, 0.15) is 5.56 Å². The molecule has 1 aromatic heterocycles. The van der Waals surface area contributed by atoms with Crippen LogP contribution in [0.5, 0.6) is 0 Å². The average molecular weight is 576 g/mol. The number of rotatable bonds is 6. The number of hydrogen-bond donors (Lipinski definition) is 1. The van der Waals surface area contributed by atoms with E-state index in [9.17, 15) is 36.0 Å². The number of hydrogen-bond acceptors (Lipinski definition) is 5. The van der Waals surface area contributed by atoms with Gasteiger partial charge in [-0.25, -0.2) is 8.42 Å². The van der Waals surface area contributed by atoms with Gasteiger partial charge in [0.25, 0.3) is 17.4 Å². The van der Waals surface area contributed by atoms with E-state index in [1.807, 2.05) is 0 Å². The van der Waals surface area contributed by atoms with Gasteiger partial charge in [0.2, 0.25) is 0 Å². The molecule has 2 heterocycles. The Hall–Kier alpha value is -3.93. The van der Waals surface area contributed by atoms with Gasteiger partial charge >= 0.3 is 6.18 Å². The highest BCUT2D eigenvalue weighted by atomic mass is 32.2. The summed E-state index contributed by atoms with van der Waals surface area (Å²) in [5.41, 5.74) is -1.68. The lowest BCUT2D eigenvalue weighted by atomic mass is 10.0. The maximum absolute atomic E-state index is 13.5. The summed E-state index contributed by atoms with van der Waals surface area (Å²) >= 11 is 0. The van der Waals surface area contributed by atoms with E-state index >= 15 is 0 Å². The third-order valence-corrected chi connectivity index (χ3v) is 7.93. The molecule has 1 N–H and O–H groups in total. The van der Waals surface area contributed by atoms with E-state index in [4.69, 9.17) is 0 Å². The normalized spacial score (nSPS) is 14.2. The number of sulfone groups is 1. The highest BCUT2D eigenvalue weighted by Crippen LogP contribution is 2.30. The lowest BCUT2D eigenvalue weighted by molar-refractivity contribution is -0.137. The first kappa shape index (κ1) is 29.1. The van der Waals surface area contributed by atoms with Crippen molar-refractivity contribution in [1.82, 2.24) is 14.8 Å². The summed E-state index contributed by atoms with van der Waals surface area (Å²) in [7, 11) is -3.41. The minimum absolute atomic E-state index is 0.0431. The monoisotopic (exact) mass is 575 g/mol. The van der Waals surface area contributed by atoms with Crippen molar-refractivity contribution < 1.29 is 31.2 Å². The molecule has 1 fully saturated rings. The molecule has 0 atom stereocenters. The van der Waals surface area contributed by atoms with Crippen LogP contribution in [0.25, 0.3) is 5.69 Å². The number of nitrogens with zero attached hydrogens (tertiary/aromatic N) is 2. The molecular weight excluding hydrogens is 547 g/mol. The molecule has 12 heteroatoms. The first-order chi connectivity index (χ1) is 18.8. The Morgan fingerprint density at radius 2 is 1.60 bits per heavy atom. The Bertz CT molecular complexity index is 1610. The molecule has 0 bridgehead atoms. The van der Waals surface area contributed by atoms with Gasteiger partial charge in [-0.15, -0.1) is 0 Å². The molecule has 2 amide bonds. The van der Waals surface area contributed by atoms with Crippen LogP contribution in [0.2, 0.25) is 0 Å². The third-order valence-electron chi connectivity index (χ3n) is 6.80. The fourth-order valence-corrected chi connectivity index (χ4v) is 5.25. The van der Waals surface area contributed by atoms with Gasteiger partial charge in [0, 0.05) is 37.3 Å². The SMILES string of the molecule is Cc1c(C(=O)N2CCCCC2)cc(C(=O)NCc2ccc(S(C)(=O)=O)cc2)c(=O)n1-c1cccc(C(F)(F)F)c1. The second-order valence-electron chi connectivity index (χ2n) is 9.70. The van der Waals surface area contributed by atoms with E-state index in [0.717, 1.165) is 48.3 Å². The number of benzene rings is 2. The quantitative estimate of drug-likeness (QED) is 0.476. The van der Waals surface area contributed by atoms with Gasteiger partial charge in [0.15, 0.2) is 9.84 Å². The minimum Gasteiger partial charge on any atom is -0.348 e. The smallest absolute Gasteiger partial charge is 0.348 e. The molecule has 40 heavy (non-hydrogen) atoms. The molecule has 0 unspecified atom stereocenters. The zero-order chi connectivity index (χ0) is 29.2. The van der Waals surface area contributed by atoms with Crippen LogP contribution in [-0.2, 0) is 22.6 Å². The second kappa shape index (κ2) is 11.3. The zero-order valence-corrected chi connectivity index (χ0v) is 22.7. The molecule has 212 valence electrons. The Kier molecular flexibility index (Phi) is 8.20. The molecule has 3 aromatic rings. The number of piperidine rings is 1. The second-order valence-corrected chi connectivity index (χ2v) is 11.7. The third kappa shape index (κ3) is 6.27. The number of aromatic nitrogens is 1. The molecule has 0 aliphatic carbocycles. The van der Waals surface area contributed by atoms with Gasteiger partial charge < -0.3 is 10.2 Å². The molecule has 1 aliphatic rings. The Balaban J connectivity index is 1.75. The number of halogens is 3. The van der Waals surface area contributed by atoms with E-state index < -0.39 is 44.5 Å². The molecular formula is C28H28F3N3O5S. The van der Waals surface area contributed by atoms with E-state index in [0.29, 0.717) is 18.7 Å². The lowest BCUT2D eigenvalue weighted by Crippen LogP contribution is -2.39. The minimum atomic E-state index is -4.67. The fourth-order valence-electron chi connectivity index (χ4n) is 4.61. The predicted molar refractivity (Wildman–Crippen MR) is 142 cm³/mol. The highest BCUT2D eigenvalue weighted by Gasteiger charge is 2.31. The topological polar surface area (TPSA) is 106 Å². The summed E-state index contributed by atoms with van der Waals surface area (Å²) in [6.45, 7) is 2.39. The van der Waals surface area contributed by atoms with Crippen LogP contribution in [0.15, 0.2) is 64.3 Å². The van der Waals surface area contributed by atoms with Crippen molar-refractivity contribution in [3.05, 3.63) is 92.9 Å². The first-order valence-corrected chi connectivity index (χ1v) is 14.5. The number of likely N-dealkylation sites (tertiary alicyclic amines) is 1. The van der Waals surface area contributed by atoms with Gasteiger partial charge in [0.05, 0.1) is 16.0 Å². The standard InChI is InChI=1S/C28H28F3N3O5S/c1-18-23(26(36)33-13-4-3-5-14-33)16-24(25(35)32-17-19-9-11-22(12-10-19)40(2,38)39)27(37)34(18)21-8-6-7-20(15-21)28(29,30)31/h6-12,15-16H,3-5,13-14,17H2,1-2H3,(H,32,35). The van der Waals surface area contributed by atoms with Crippen molar-refractivity contribution in [3.63, 3.8) is 0 Å². The number of nitrogens with one attached hydrogen (secondary N) is 1. The summed E-state index contributed by atoms with van der Waals surface area (Å²) in [6, 6.07) is 11.1. The van der Waals surface area contributed by atoms with Crippen LogP contribution in [0.1, 0.15) is 56.8 Å². The van der Waals surface area contributed by atoms with Crippen molar-refractivity contribution in [2.24, 2.45) is 0 Å². The fraction of sp³-hybridized carbons (Fsp3) is 0.321. The number of amides is 2. The molecule has 0 saturated carbocycles. The number of carbonyl (C=O) groups is 2. The lowest BCUT2D eigenvalue weighted by Gasteiger charge is -2.28. The van der Waals surface area contributed by atoms with Gasteiger partial charge in [-0.3, -0.25) is 19.0 Å². The largest absolute Gasteiger partial charge is 0.416 e. The van der Waals surface area contributed by atoms with Gasteiger partial charge in [-0.2, -0.15) is 13.2 Å². The van der Waals surface area contributed by atoms with Crippen LogP contribution in [0, 0.1) is 6.92 Å². The molecule has 8 nitrogen and oxygen atoms in total. The van der Waals surface area contributed by atoms with E-state index in [1.165, 1.54) is 43.3 Å². The summed E-state index contributed by atoms with van der Waals surface area (Å²) < 4.78 is 64.7. The van der Waals surface area contributed by atoms with Crippen molar-refractivity contribution in [2.45, 2.75) is 43.8 Å². The van der Waals surface area contributed by atoms with E-state index in [-0.39, 0.29) is 28.4 Å². The van der Waals surface area contributed by atoms with Crippen LogP contribution in [-0.4, -0.2) is 49.0 Å². The van der Waals surface area contributed by atoms with E-state index in [2.05, 4.69) is 5.32 Å². The van der Waals surface area contributed by atoms with Crippen molar-refractivity contribution in [1.29, 1.82) is 0 Å². The number of pyridine rings is 1. The van der Waals surface area contributed by atoms with Crippen LogP contribution in [0.3, 0.4) is 0 Å². The van der Waals surface area contributed by atoms with Gasteiger partial charge in [-0.05, 0) is 68.1 Å². The maximum atomic E-state index is 13.5. The van der Waals surface area contributed by atoms with Crippen molar-refractivity contribution in [2.75, 3.05) is 19.3 Å². The summed E-state index contributed by atoms with van der Waals surface area (Å²) in [6.07, 6.45) is -1.04. The van der Waals surface area contributed by atoms with E-state index in [1.54, 1.807) is 4.90 Å². The zero-order valence-electron chi connectivity index (χ0n) is 21.9. The molecule has 1 aliphatic heterocycles. The molecule has 0 spiro atoms. The summed E-state index contributed by atoms with van der Waals surface area (Å²) in [5, 5.41) is 2.59. The number of alkyl halides is 3. The van der Waals surface area contributed by atoms with Crippen molar-refractivity contribution >= 4 is 21.7 Å². The Morgan fingerprint density at radius 1 is 0.950 bits per heavy atom.